The molecular formula is C21H25N3. The summed E-state index contributed by atoms with van der Waals surface area (Å²) in [5, 5.41) is 4.66. The van der Waals surface area contributed by atoms with E-state index in [4.69, 9.17) is 0 Å². The minimum absolute atomic E-state index is 0.979. The third-order valence-electron chi connectivity index (χ3n) is 4.53. The van der Waals surface area contributed by atoms with Crippen molar-refractivity contribution in [3.63, 3.8) is 0 Å². The summed E-state index contributed by atoms with van der Waals surface area (Å²) in [7, 11) is 4.10. The number of benzene rings is 1. The van der Waals surface area contributed by atoms with Crippen molar-refractivity contribution in [1.82, 2.24) is 9.78 Å². The summed E-state index contributed by atoms with van der Waals surface area (Å²) >= 11 is 0. The summed E-state index contributed by atoms with van der Waals surface area (Å²) in [6.07, 6.45) is 8.56. The number of nitrogens with zero attached hydrogens (tertiary/aromatic N) is 3. The first-order valence-electron chi connectivity index (χ1n) is 8.43. The Labute approximate surface area is 144 Å². The molecule has 1 aromatic heterocycles. The molecule has 1 aliphatic rings. The first-order chi connectivity index (χ1) is 11.5. The van der Waals surface area contributed by atoms with Crippen LogP contribution in [-0.2, 0) is 0 Å². The second kappa shape index (κ2) is 6.52. The number of hydrogen-bond acceptors (Lipinski definition) is 2. The summed E-state index contributed by atoms with van der Waals surface area (Å²) in [5.74, 6) is 0. The van der Waals surface area contributed by atoms with Crippen molar-refractivity contribution in [1.29, 1.82) is 0 Å². The van der Waals surface area contributed by atoms with Crippen molar-refractivity contribution < 1.29 is 0 Å². The lowest BCUT2D eigenvalue weighted by Crippen LogP contribution is -2.08. The van der Waals surface area contributed by atoms with Gasteiger partial charge in [-0.1, -0.05) is 30.7 Å². The maximum atomic E-state index is 4.66. The molecule has 1 heterocycles. The molecule has 3 rings (SSSR count). The van der Waals surface area contributed by atoms with E-state index in [9.17, 15) is 0 Å². The van der Waals surface area contributed by atoms with Crippen LogP contribution in [0.4, 0.5) is 5.69 Å². The van der Waals surface area contributed by atoms with Crippen LogP contribution in [0.25, 0.3) is 17.3 Å². The lowest BCUT2D eigenvalue weighted by atomic mass is 10.0. The molecule has 0 radical (unpaired) electrons. The van der Waals surface area contributed by atoms with Gasteiger partial charge in [0, 0.05) is 25.3 Å². The molecule has 1 aromatic carbocycles. The van der Waals surface area contributed by atoms with Crippen molar-refractivity contribution in [3.8, 4) is 5.69 Å². The van der Waals surface area contributed by atoms with Crippen molar-refractivity contribution in [2.45, 2.75) is 26.7 Å². The smallest absolute Gasteiger partial charge is 0.0746 e. The highest BCUT2D eigenvalue weighted by molar-refractivity contribution is 5.84. The van der Waals surface area contributed by atoms with Gasteiger partial charge in [-0.25, -0.2) is 4.68 Å². The molecule has 0 N–H and O–H groups in total. The van der Waals surface area contributed by atoms with Gasteiger partial charge < -0.3 is 4.90 Å². The minimum atomic E-state index is 0.979. The molecule has 2 aromatic rings. The summed E-state index contributed by atoms with van der Waals surface area (Å²) < 4.78 is 2.03. The molecule has 24 heavy (non-hydrogen) atoms. The molecule has 0 atom stereocenters. The molecule has 0 bridgehead atoms. The Kier molecular flexibility index (Phi) is 4.43. The van der Waals surface area contributed by atoms with Crippen LogP contribution >= 0.6 is 0 Å². The van der Waals surface area contributed by atoms with Gasteiger partial charge in [0.1, 0.15) is 0 Å². The summed E-state index contributed by atoms with van der Waals surface area (Å²) in [5.41, 5.74) is 8.30. The van der Waals surface area contributed by atoms with Gasteiger partial charge in [-0.15, -0.1) is 0 Å². The van der Waals surface area contributed by atoms with Gasteiger partial charge in [0.05, 0.1) is 17.6 Å². The molecule has 0 unspecified atom stereocenters. The predicted octanol–water partition coefficient (Wildman–Crippen LogP) is 5.09. The Hall–Kier alpha value is -2.55. The Bertz CT molecular complexity index is 817. The van der Waals surface area contributed by atoms with E-state index in [2.05, 4.69) is 80.9 Å². The summed E-state index contributed by atoms with van der Waals surface area (Å²) in [4.78, 5) is 2.10. The van der Waals surface area contributed by atoms with Crippen LogP contribution in [0.3, 0.4) is 0 Å². The molecule has 0 aliphatic heterocycles. The third kappa shape index (κ3) is 2.94. The normalized spacial score (nSPS) is 13.7. The highest BCUT2D eigenvalue weighted by Crippen LogP contribution is 2.33. The molecule has 3 heteroatoms. The number of fused-ring (bicyclic) bond motifs is 1. The average Bonchev–Trinajstić information content (AvgIpc) is 2.87. The van der Waals surface area contributed by atoms with Gasteiger partial charge in [-0.3, -0.25) is 0 Å². The summed E-state index contributed by atoms with van der Waals surface area (Å²) in [6, 6.07) is 8.49. The Morgan fingerprint density at radius 2 is 1.96 bits per heavy atom. The molecule has 0 spiro atoms. The van der Waals surface area contributed by atoms with E-state index in [0.29, 0.717) is 0 Å². The Morgan fingerprint density at radius 3 is 2.54 bits per heavy atom. The quantitative estimate of drug-likeness (QED) is 0.782. The van der Waals surface area contributed by atoms with E-state index in [-0.39, 0.29) is 0 Å². The topological polar surface area (TPSA) is 21.1 Å². The van der Waals surface area contributed by atoms with Gasteiger partial charge >= 0.3 is 0 Å². The fraction of sp³-hybridized carbons (Fsp3) is 0.286. The molecular weight excluding hydrogens is 294 g/mol. The standard InChI is InChI=1S/C21H25N3/c1-6-16-7-12-19(15(2)3)20-14-22-24(21(20)13-16)18-10-8-17(9-11-18)23(4)5/h8-14H,2,6-7H2,1,3-5H3. The lowest BCUT2D eigenvalue weighted by molar-refractivity contribution is 0.868. The van der Waals surface area contributed by atoms with Crippen LogP contribution in [0.1, 0.15) is 37.9 Å². The first-order valence-corrected chi connectivity index (χ1v) is 8.43. The minimum Gasteiger partial charge on any atom is -0.378 e. The van der Waals surface area contributed by atoms with E-state index >= 15 is 0 Å². The van der Waals surface area contributed by atoms with Crippen LogP contribution in [-0.4, -0.2) is 23.9 Å². The zero-order valence-corrected chi connectivity index (χ0v) is 15.0. The molecule has 0 saturated carbocycles. The van der Waals surface area contributed by atoms with Gasteiger partial charge in [0.2, 0.25) is 0 Å². The van der Waals surface area contributed by atoms with Crippen LogP contribution in [0, 0.1) is 0 Å². The monoisotopic (exact) mass is 319 g/mol. The zero-order chi connectivity index (χ0) is 17.3. The Balaban J connectivity index is 2.12. The largest absolute Gasteiger partial charge is 0.378 e. The maximum absolute atomic E-state index is 4.66. The van der Waals surface area contributed by atoms with Crippen LogP contribution < -0.4 is 4.90 Å². The zero-order valence-electron chi connectivity index (χ0n) is 15.0. The van der Waals surface area contributed by atoms with Crippen LogP contribution in [0.2, 0.25) is 0 Å². The van der Waals surface area contributed by atoms with Crippen molar-refractivity contribution in [3.05, 3.63) is 65.5 Å². The second-order valence-corrected chi connectivity index (χ2v) is 6.52. The lowest BCUT2D eigenvalue weighted by Gasteiger charge is -2.13. The van der Waals surface area contributed by atoms with E-state index in [0.717, 1.165) is 29.8 Å². The van der Waals surface area contributed by atoms with E-state index < -0.39 is 0 Å². The number of anilines is 1. The van der Waals surface area contributed by atoms with Crippen LogP contribution in [0.5, 0.6) is 0 Å². The number of aromatic nitrogens is 2. The molecule has 0 amide bonds. The third-order valence-corrected chi connectivity index (χ3v) is 4.53. The molecule has 3 nitrogen and oxygen atoms in total. The van der Waals surface area contributed by atoms with E-state index in [1.54, 1.807) is 0 Å². The SMILES string of the molecule is C=C(C)C1=CCC(CC)=Cc2c1cnn2-c1ccc(N(C)C)cc1. The van der Waals surface area contributed by atoms with Crippen LogP contribution in [0.15, 0.2) is 54.3 Å². The fourth-order valence-electron chi connectivity index (χ4n) is 3.05. The Morgan fingerprint density at radius 1 is 1.25 bits per heavy atom. The highest BCUT2D eigenvalue weighted by atomic mass is 15.3. The van der Waals surface area contributed by atoms with E-state index in [1.807, 2.05) is 10.9 Å². The van der Waals surface area contributed by atoms with Gasteiger partial charge in [0.15, 0.2) is 0 Å². The molecule has 0 fully saturated rings. The second-order valence-electron chi connectivity index (χ2n) is 6.52. The maximum Gasteiger partial charge on any atom is 0.0746 e. The number of rotatable bonds is 4. The molecule has 0 saturated heterocycles. The van der Waals surface area contributed by atoms with E-state index in [1.165, 1.54) is 22.4 Å². The van der Waals surface area contributed by atoms with Gasteiger partial charge in [0.25, 0.3) is 0 Å². The van der Waals surface area contributed by atoms with Crippen molar-refractivity contribution in [2.24, 2.45) is 0 Å². The van der Waals surface area contributed by atoms with Crippen molar-refractivity contribution in [2.75, 3.05) is 19.0 Å². The van der Waals surface area contributed by atoms with Gasteiger partial charge in [-0.05, 0) is 55.7 Å². The number of hydrogen-bond donors (Lipinski definition) is 0. The summed E-state index contributed by atoms with van der Waals surface area (Å²) in [6.45, 7) is 8.42. The predicted molar refractivity (Wildman–Crippen MR) is 104 cm³/mol. The fourth-order valence-corrected chi connectivity index (χ4v) is 3.05. The molecule has 1 aliphatic carbocycles. The average molecular weight is 319 g/mol. The molecule has 124 valence electrons. The van der Waals surface area contributed by atoms with Gasteiger partial charge in [-0.2, -0.15) is 5.10 Å². The first kappa shape index (κ1) is 16.3. The van der Waals surface area contributed by atoms with Crippen molar-refractivity contribution >= 4 is 17.3 Å². The highest BCUT2D eigenvalue weighted by Gasteiger charge is 2.17. The number of allylic oxidation sites excluding steroid dienone is 4.